The van der Waals surface area contributed by atoms with Crippen LogP contribution in [0.1, 0.15) is 55.7 Å². The molecular weight excluding hydrogens is 364 g/mol. The predicted octanol–water partition coefficient (Wildman–Crippen LogP) is 5.05. The molecule has 0 atom stereocenters. The summed E-state index contributed by atoms with van der Waals surface area (Å²) in [5.41, 5.74) is 2.71. The van der Waals surface area contributed by atoms with Gasteiger partial charge in [-0.3, -0.25) is 4.79 Å². The number of methoxy groups -OCH3 is 1. The number of hydrogen-bond donors (Lipinski definition) is 1. The number of nitrogens with zero attached hydrogens (tertiary/aromatic N) is 3. The molecule has 2 aromatic heterocycles. The normalized spacial score (nSPS) is 11.4. The van der Waals surface area contributed by atoms with E-state index in [1.165, 1.54) is 0 Å². The van der Waals surface area contributed by atoms with Crippen LogP contribution in [0.4, 0.5) is 5.69 Å². The first-order valence-electron chi connectivity index (χ1n) is 8.84. The molecule has 1 N–H and O–H groups in total. The van der Waals surface area contributed by atoms with Crippen LogP contribution in [-0.4, -0.2) is 27.8 Å². The van der Waals surface area contributed by atoms with Crippen molar-refractivity contribution in [2.24, 2.45) is 0 Å². The number of ether oxygens (including phenoxy) is 1. The van der Waals surface area contributed by atoms with Crippen molar-refractivity contribution in [2.75, 3.05) is 12.4 Å². The summed E-state index contributed by atoms with van der Waals surface area (Å²) in [6, 6.07) is 7.11. The molecule has 7 heteroatoms. The zero-order valence-corrected chi connectivity index (χ0v) is 16.8. The SMILES string of the molecule is COc1ccc(NC(=O)c2cc(C(C)C)nc3c2cnn3C(C)C)cc1Cl. The van der Waals surface area contributed by atoms with Crippen LogP contribution in [-0.2, 0) is 0 Å². The molecule has 2 heterocycles. The quantitative estimate of drug-likeness (QED) is 0.666. The minimum Gasteiger partial charge on any atom is -0.495 e. The molecule has 1 amide bonds. The summed E-state index contributed by atoms with van der Waals surface area (Å²) < 4.78 is 6.99. The van der Waals surface area contributed by atoms with Gasteiger partial charge in [-0.25, -0.2) is 9.67 Å². The number of hydrogen-bond acceptors (Lipinski definition) is 4. The molecule has 0 aliphatic carbocycles. The Morgan fingerprint density at radius 2 is 1.96 bits per heavy atom. The highest BCUT2D eigenvalue weighted by Crippen LogP contribution is 2.29. The Labute approximate surface area is 163 Å². The van der Waals surface area contributed by atoms with Gasteiger partial charge in [-0.1, -0.05) is 25.4 Å². The Morgan fingerprint density at radius 1 is 1.22 bits per heavy atom. The number of benzene rings is 1. The van der Waals surface area contributed by atoms with Crippen molar-refractivity contribution in [3.05, 3.63) is 46.7 Å². The molecule has 0 aliphatic rings. The summed E-state index contributed by atoms with van der Waals surface area (Å²) in [7, 11) is 1.55. The van der Waals surface area contributed by atoms with Gasteiger partial charge in [-0.2, -0.15) is 5.10 Å². The molecule has 142 valence electrons. The molecule has 3 aromatic rings. The van der Waals surface area contributed by atoms with Crippen LogP contribution in [0.15, 0.2) is 30.5 Å². The third-order valence-corrected chi connectivity index (χ3v) is 4.62. The number of carbonyl (C=O) groups is 1. The summed E-state index contributed by atoms with van der Waals surface area (Å²) in [4.78, 5) is 17.7. The third kappa shape index (κ3) is 3.76. The van der Waals surface area contributed by atoms with Gasteiger partial charge in [0.1, 0.15) is 5.75 Å². The molecule has 0 aliphatic heterocycles. The minimum atomic E-state index is -0.228. The topological polar surface area (TPSA) is 69.0 Å². The minimum absolute atomic E-state index is 0.147. The van der Waals surface area contributed by atoms with E-state index in [0.29, 0.717) is 27.7 Å². The van der Waals surface area contributed by atoms with Crippen molar-refractivity contribution in [3.63, 3.8) is 0 Å². The number of amides is 1. The van der Waals surface area contributed by atoms with Crippen LogP contribution in [0.3, 0.4) is 0 Å². The van der Waals surface area contributed by atoms with Crippen molar-refractivity contribution in [1.29, 1.82) is 0 Å². The van der Waals surface area contributed by atoms with Crippen LogP contribution in [0.2, 0.25) is 5.02 Å². The third-order valence-electron chi connectivity index (χ3n) is 4.32. The van der Waals surface area contributed by atoms with E-state index in [1.807, 2.05) is 24.6 Å². The number of aromatic nitrogens is 3. The molecule has 0 unspecified atom stereocenters. The van der Waals surface area contributed by atoms with Gasteiger partial charge in [0.05, 0.1) is 29.3 Å². The van der Waals surface area contributed by atoms with E-state index >= 15 is 0 Å². The molecule has 3 rings (SSSR count). The predicted molar refractivity (Wildman–Crippen MR) is 108 cm³/mol. The maximum atomic E-state index is 13.0. The van der Waals surface area contributed by atoms with Gasteiger partial charge in [-0.05, 0) is 44.0 Å². The first-order chi connectivity index (χ1) is 12.8. The van der Waals surface area contributed by atoms with Crippen LogP contribution >= 0.6 is 11.6 Å². The molecule has 0 saturated carbocycles. The van der Waals surface area contributed by atoms with Gasteiger partial charge >= 0.3 is 0 Å². The molecule has 0 saturated heterocycles. The average Bonchev–Trinajstić information content (AvgIpc) is 3.05. The Kier molecular flexibility index (Phi) is 5.37. The lowest BCUT2D eigenvalue weighted by Crippen LogP contribution is -2.14. The van der Waals surface area contributed by atoms with Gasteiger partial charge in [0.2, 0.25) is 0 Å². The number of carbonyl (C=O) groups excluding carboxylic acids is 1. The Hall–Kier alpha value is -2.60. The highest BCUT2D eigenvalue weighted by molar-refractivity contribution is 6.32. The highest BCUT2D eigenvalue weighted by atomic mass is 35.5. The lowest BCUT2D eigenvalue weighted by Gasteiger charge is -2.13. The summed E-state index contributed by atoms with van der Waals surface area (Å²) in [6.07, 6.45) is 1.70. The van der Waals surface area contributed by atoms with E-state index in [-0.39, 0.29) is 17.9 Å². The summed E-state index contributed by atoms with van der Waals surface area (Å²) in [5.74, 6) is 0.516. The van der Waals surface area contributed by atoms with Gasteiger partial charge in [0.15, 0.2) is 5.65 Å². The average molecular weight is 387 g/mol. The van der Waals surface area contributed by atoms with E-state index in [1.54, 1.807) is 31.5 Å². The first-order valence-corrected chi connectivity index (χ1v) is 9.22. The Bertz CT molecular complexity index is 995. The monoisotopic (exact) mass is 386 g/mol. The number of halogens is 1. The fourth-order valence-electron chi connectivity index (χ4n) is 2.84. The number of rotatable bonds is 5. The number of anilines is 1. The summed E-state index contributed by atoms with van der Waals surface area (Å²) in [6.45, 7) is 8.18. The zero-order valence-electron chi connectivity index (χ0n) is 16.1. The Morgan fingerprint density at radius 3 is 2.56 bits per heavy atom. The molecule has 0 radical (unpaired) electrons. The number of fused-ring (bicyclic) bond motifs is 1. The number of nitrogens with one attached hydrogen (secondary N) is 1. The highest BCUT2D eigenvalue weighted by Gasteiger charge is 2.19. The largest absolute Gasteiger partial charge is 0.495 e. The van der Waals surface area contributed by atoms with Crippen molar-refractivity contribution in [3.8, 4) is 5.75 Å². The lowest BCUT2D eigenvalue weighted by molar-refractivity contribution is 0.102. The van der Waals surface area contributed by atoms with Crippen molar-refractivity contribution in [1.82, 2.24) is 14.8 Å². The lowest BCUT2D eigenvalue weighted by atomic mass is 10.0. The van der Waals surface area contributed by atoms with E-state index in [4.69, 9.17) is 21.3 Å². The summed E-state index contributed by atoms with van der Waals surface area (Å²) in [5, 5.41) is 8.48. The molecule has 0 bridgehead atoms. The van der Waals surface area contributed by atoms with E-state index in [0.717, 1.165) is 11.1 Å². The maximum absolute atomic E-state index is 13.0. The summed E-state index contributed by atoms with van der Waals surface area (Å²) >= 11 is 6.16. The second-order valence-corrected chi connectivity index (χ2v) is 7.38. The molecule has 0 fully saturated rings. The van der Waals surface area contributed by atoms with Gasteiger partial charge in [0, 0.05) is 17.4 Å². The second kappa shape index (κ2) is 7.56. The standard InChI is InChI=1S/C20H23ClN4O2/c1-11(2)17-9-14(15-10-22-25(12(3)4)19(15)24-17)20(26)23-13-6-7-18(27-5)16(21)8-13/h6-12H,1-5H3,(H,23,26). The Balaban J connectivity index is 2.04. The van der Waals surface area contributed by atoms with Crippen molar-refractivity contribution < 1.29 is 9.53 Å². The molecular formula is C20H23ClN4O2. The second-order valence-electron chi connectivity index (χ2n) is 6.97. The number of pyridine rings is 1. The van der Waals surface area contributed by atoms with Crippen LogP contribution in [0, 0.1) is 0 Å². The van der Waals surface area contributed by atoms with Crippen molar-refractivity contribution >= 4 is 34.2 Å². The molecule has 27 heavy (non-hydrogen) atoms. The van der Waals surface area contributed by atoms with Crippen LogP contribution < -0.4 is 10.1 Å². The van der Waals surface area contributed by atoms with E-state index in [9.17, 15) is 4.79 Å². The smallest absolute Gasteiger partial charge is 0.256 e. The molecule has 0 spiro atoms. The van der Waals surface area contributed by atoms with Crippen molar-refractivity contribution in [2.45, 2.75) is 39.7 Å². The van der Waals surface area contributed by atoms with Crippen LogP contribution in [0.25, 0.3) is 11.0 Å². The zero-order chi connectivity index (χ0) is 19.7. The molecule has 6 nitrogen and oxygen atoms in total. The first kappa shape index (κ1) is 19.2. The van der Waals surface area contributed by atoms with Gasteiger partial charge in [-0.15, -0.1) is 0 Å². The fourth-order valence-corrected chi connectivity index (χ4v) is 3.10. The van der Waals surface area contributed by atoms with Crippen LogP contribution in [0.5, 0.6) is 5.75 Å². The maximum Gasteiger partial charge on any atom is 0.256 e. The fraction of sp³-hybridized carbons (Fsp3) is 0.350. The van der Waals surface area contributed by atoms with E-state index < -0.39 is 0 Å². The van der Waals surface area contributed by atoms with Gasteiger partial charge in [0.25, 0.3) is 5.91 Å². The van der Waals surface area contributed by atoms with Gasteiger partial charge < -0.3 is 10.1 Å². The molecule has 1 aromatic carbocycles. The van der Waals surface area contributed by atoms with E-state index in [2.05, 4.69) is 24.3 Å².